The highest BCUT2D eigenvalue weighted by Gasteiger charge is 2.22. The smallest absolute Gasteiger partial charge is 0.0978 e. The van der Waals surface area contributed by atoms with Gasteiger partial charge >= 0.3 is 0 Å². The molecular weight excluding hydrogens is 130 g/mol. The fraction of sp³-hybridized carbons (Fsp3) is 1.00. The van der Waals surface area contributed by atoms with Crippen LogP contribution in [0, 0.1) is 0 Å². The van der Waals surface area contributed by atoms with Crippen LogP contribution in [0.1, 0.15) is 27.2 Å². The molecule has 0 aromatic heterocycles. The Bertz CT molecular complexity index is 89.6. The largest absolute Gasteiger partial charge is 0.381 e. The van der Waals surface area contributed by atoms with Gasteiger partial charge in [0.05, 0.1) is 13.5 Å². The lowest BCUT2D eigenvalue weighted by Gasteiger charge is -2.34. The Labute approximate surface area is 62.3 Å². The van der Waals surface area contributed by atoms with Crippen molar-refractivity contribution in [2.75, 3.05) is 13.5 Å². The van der Waals surface area contributed by atoms with Gasteiger partial charge in [-0.25, -0.2) is 0 Å². The lowest BCUT2D eigenvalue weighted by molar-refractivity contribution is -0.0392. The van der Waals surface area contributed by atoms with Crippen molar-refractivity contribution in [2.24, 2.45) is 0 Å². The number of nitrogens with zero attached hydrogens (tertiary/aromatic N) is 1. The summed E-state index contributed by atoms with van der Waals surface area (Å²) in [6.45, 7) is 5.83. The van der Waals surface area contributed by atoms with Crippen molar-refractivity contribution in [1.29, 1.82) is 0 Å². The van der Waals surface area contributed by atoms with Crippen molar-refractivity contribution in [3.05, 3.63) is 0 Å². The molecule has 0 aliphatic carbocycles. The summed E-state index contributed by atoms with van der Waals surface area (Å²) in [5, 5.41) is 17.5. The van der Waals surface area contributed by atoms with Crippen LogP contribution in [0.3, 0.4) is 0 Å². The molecule has 0 aromatic rings. The standard InChI is InChI=1S/C7H17NO2/c1-4-7(2,3)8(5-9)6-10/h9-10H,4-6H2,1-3H3. The summed E-state index contributed by atoms with van der Waals surface area (Å²) in [6, 6.07) is 0. The second-order valence-corrected chi connectivity index (χ2v) is 2.99. The van der Waals surface area contributed by atoms with E-state index in [0.717, 1.165) is 6.42 Å². The molecule has 0 saturated heterocycles. The third-order valence-corrected chi connectivity index (χ3v) is 2.06. The number of rotatable bonds is 4. The van der Waals surface area contributed by atoms with Crippen molar-refractivity contribution >= 4 is 0 Å². The minimum absolute atomic E-state index is 0.0860. The van der Waals surface area contributed by atoms with Gasteiger partial charge in [0, 0.05) is 5.54 Å². The predicted octanol–water partition coefficient (Wildman–Crippen LogP) is 0.377. The van der Waals surface area contributed by atoms with E-state index in [1.165, 1.54) is 0 Å². The summed E-state index contributed by atoms with van der Waals surface area (Å²) in [7, 11) is 0. The zero-order chi connectivity index (χ0) is 8.20. The van der Waals surface area contributed by atoms with Crippen molar-refractivity contribution < 1.29 is 10.2 Å². The van der Waals surface area contributed by atoms with Crippen LogP contribution in [-0.2, 0) is 0 Å². The molecule has 0 unspecified atom stereocenters. The normalized spacial score (nSPS) is 12.6. The molecular formula is C7H17NO2. The molecule has 0 radical (unpaired) electrons. The van der Waals surface area contributed by atoms with Gasteiger partial charge in [0.1, 0.15) is 0 Å². The maximum atomic E-state index is 8.76. The minimum Gasteiger partial charge on any atom is -0.381 e. The maximum absolute atomic E-state index is 8.76. The van der Waals surface area contributed by atoms with E-state index in [4.69, 9.17) is 10.2 Å². The maximum Gasteiger partial charge on any atom is 0.0978 e. The molecule has 0 spiro atoms. The highest BCUT2D eigenvalue weighted by atomic mass is 16.3. The molecule has 0 saturated carbocycles. The van der Waals surface area contributed by atoms with Gasteiger partial charge in [0.15, 0.2) is 0 Å². The zero-order valence-corrected chi connectivity index (χ0v) is 6.96. The van der Waals surface area contributed by atoms with Crippen molar-refractivity contribution in [2.45, 2.75) is 32.7 Å². The Kier molecular flexibility index (Phi) is 3.86. The Hall–Kier alpha value is -0.120. The SMILES string of the molecule is CCC(C)(C)N(CO)CO. The summed E-state index contributed by atoms with van der Waals surface area (Å²) >= 11 is 0. The molecule has 0 aliphatic rings. The molecule has 3 heteroatoms. The third kappa shape index (κ3) is 2.25. The van der Waals surface area contributed by atoms with Gasteiger partial charge in [-0.3, -0.25) is 4.90 Å². The quantitative estimate of drug-likeness (QED) is 0.565. The van der Waals surface area contributed by atoms with E-state index in [2.05, 4.69) is 0 Å². The second kappa shape index (κ2) is 3.91. The Morgan fingerprint density at radius 2 is 1.60 bits per heavy atom. The lowest BCUT2D eigenvalue weighted by Crippen LogP contribution is -2.44. The van der Waals surface area contributed by atoms with E-state index < -0.39 is 0 Å². The minimum atomic E-state index is -0.108. The van der Waals surface area contributed by atoms with E-state index in [1.54, 1.807) is 4.90 Å². The summed E-state index contributed by atoms with van der Waals surface area (Å²) in [6.07, 6.45) is 0.911. The first kappa shape index (κ1) is 9.88. The molecule has 2 N–H and O–H groups in total. The molecule has 0 atom stereocenters. The summed E-state index contributed by atoms with van der Waals surface area (Å²) in [5.74, 6) is 0. The van der Waals surface area contributed by atoms with Gasteiger partial charge in [-0.2, -0.15) is 0 Å². The van der Waals surface area contributed by atoms with Crippen molar-refractivity contribution in [1.82, 2.24) is 4.90 Å². The topological polar surface area (TPSA) is 43.7 Å². The summed E-state index contributed by atoms with van der Waals surface area (Å²) in [5.41, 5.74) is -0.108. The molecule has 10 heavy (non-hydrogen) atoms. The lowest BCUT2D eigenvalue weighted by atomic mass is 10.0. The van der Waals surface area contributed by atoms with Gasteiger partial charge in [-0.05, 0) is 20.3 Å². The van der Waals surface area contributed by atoms with Crippen LogP contribution in [0.25, 0.3) is 0 Å². The molecule has 0 heterocycles. The van der Waals surface area contributed by atoms with Crippen LogP contribution < -0.4 is 0 Å². The monoisotopic (exact) mass is 147 g/mol. The molecule has 62 valence electrons. The van der Waals surface area contributed by atoms with Crippen molar-refractivity contribution in [3.63, 3.8) is 0 Å². The third-order valence-electron chi connectivity index (χ3n) is 2.06. The Morgan fingerprint density at radius 3 is 1.70 bits per heavy atom. The van der Waals surface area contributed by atoms with E-state index >= 15 is 0 Å². The fourth-order valence-corrected chi connectivity index (χ4v) is 0.651. The van der Waals surface area contributed by atoms with Gasteiger partial charge in [-0.15, -0.1) is 0 Å². The van der Waals surface area contributed by atoms with Crippen LogP contribution in [0.15, 0.2) is 0 Å². The fourth-order valence-electron chi connectivity index (χ4n) is 0.651. The number of hydrogen-bond acceptors (Lipinski definition) is 3. The number of hydrogen-bond donors (Lipinski definition) is 2. The molecule has 3 nitrogen and oxygen atoms in total. The van der Waals surface area contributed by atoms with Crippen LogP contribution in [0.4, 0.5) is 0 Å². The Balaban J connectivity index is 3.97. The molecule has 0 rings (SSSR count). The first-order valence-electron chi connectivity index (χ1n) is 3.55. The molecule has 0 aromatic carbocycles. The summed E-state index contributed by atoms with van der Waals surface area (Å²) < 4.78 is 0. The van der Waals surface area contributed by atoms with Crippen LogP contribution in [0.5, 0.6) is 0 Å². The molecule has 0 aliphatic heterocycles. The Morgan fingerprint density at radius 1 is 1.20 bits per heavy atom. The molecule has 0 amide bonds. The van der Waals surface area contributed by atoms with Gasteiger partial charge in [-0.1, -0.05) is 6.92 Å². The van der Waals surface area contributed by atoms with E-state index in [0.29, 0.717) is 0 Å². The highest BCUT2D eigenvalue weighted by molar-refractivity contribution is 4.75. The van der Waals surface area contributed by atoms with Gasteiger partial charge < -0.3 is 10.2 Å². The van der Waals surface area contributed by atoms with Crippen LogP contribution in [0.2, 0.25) is 0 Å². The van der Waals surface area contributed by atoms with Crippen molar-refractivity contribution in [3.8, 4) is 0 Å². The average Bonchev–Trinajstić information content (AvgIpc) is 1.90. The average molecular weight is 147 g/mol. The van der Waals surface area contributed by atoms with E-state index in [1.807, 2.05) is 20.8 Å². The van der Waals surface area contributed by atoms with E-state index in [-0.39, 0.29) is 19.0 Å². The predicted molar refractivity (Wildman–Crippen MR) is 40.4 cm³/mol. The first-order valence-corrected chi connectivity index (χ1v) is 3.55. The van der Waals surface area contributed by atoms with Crippen LogP contribution >= 0.6 is 0 Å². The molecule has 0 bridgehead atoms. The number of aliphatic hydroxyl groups excluding tert-OH is 2. The zero-order valence-electron chi connectivity index (χ0n) is 6.96. The summed E-state index contributed by atoms with van der Waals surface area (Å²) in [4.78, 5) is 1.60. The number of aliphatic hydroxyl groups is 2. The highest BCUT2D eigenvalue weighted by Crippen LogP contribution is 2.15. The van der Waals surface area contributed by atoms with E-state index in [9.17, 15) is 0 Å². The van der Waals surface area contributed by atoms with Gasteiger partial charge in [0.2, 0.25) is 0 Å². The second-order valence-electron chi connectivity index (χ2n) is 2.99. The van der Waals surface area contributed by atoms with Gasteiger partial charge in [0.25, 0.3) is 0 Å². The molecule has 0 fully saturated rings. The first-order chi connectivity index (χ1) is 4.58. The van der Waals surface area contributed by atoms with Crippen LogP contribution in [-0.4, -0.2) is 34.1 Å².